The van der Waals surface area contributed by atoms with E-state index in [9.17, 15) is 14.5 Å². The Morgan fingerprint density at radius 3 is 2.89 bits per heavy atom. The highest BCUT2D eigenvalue weighted by molar-refractivity contribution is 7.13. The van der Waals surface area contributed by atoms with Crippen molar-refractivity contribution in [3.63, 3.8) is 0 Å². The molecule has 2 rings (SSSR count). The van der Waals surface area contributed by atoms with Crippen LogP contribution in [0.1, 0.15) is 5.56 Å². The van der Waals surface area contributed by atoms with Gasteiger partial charge in [-0.25, -0.2) is 4.39 Å². The summed E-state index contributed by atoms with van der Waals surface area (Å²) in [4.78, 5) is 10.1. The maximum Gasteiger partial charge on any atom is 0.324 e. The lowest BCUT2D eigenvalue weighted by Gasteiger charge is -2.07. The van der Waals surface area contributed by atoms with Crippen molar-refractivity contribution in [1.82, 2.24) is 0 Å². The Bertz CT molecular complexity index is 568. The SMILES string of the molecule is O=[N+]([O-])c1cc(CNc2c(F)cccc2Cl)cs1. The van der Waals surface area contributed by atoms with E-state index in [0.717, 1.165) is 11.3 Å². The molecule has 1 heterocycles. The van der Waals surface area contributed by atoms with Crippen LogP contribution < -0.4 is 5.32 Å². The maximum atomic E-state index is 13.4. The third kappa shape index (κ3) is 2.77. The van der Waals surface area contributed by atoms with Gasteiger partial charge in [0.1, 0.15) is 5.82 Å². The van der Waals surface area contributed by atoms with Gasteiger partial charge in [-0.3, -0.25) is 10.1 Å². The summed E-state index contributed by atoms with van der Waals surface area (Å²) in [5.74, 6) is -0.452. The van der Waals surface area contributed by atoms with Crippen LogP contribution in [-0.4, -0.2) is 4.92 Å². The molecule has 0 atom stereocenters. The van der Waals surface area contributed by atoms with Gasteiger partial charge in [-0.1, -0.05) is 29.0 Å². The molecule has 94 valence electrons. The summed E-state index contributed by atoms with van der Waals surface area (Å²) in [6.45, 7) is 0.283. The Morgan fingerprint density at radius 1 is 1.50 bits per heavy atom. The van der Waals surface area contributed by atoms with Crippen LogP contribution in [0.5, 0.6) is 0 Å². The third-order valence-corrected chi connectivity index (χ3v) is 3.50. The molecule has 0 amide bonds. The summed E-state index contributed by atoms with van der Waals surface area (Å²) in [6.07, 6.45) is 0. The van der Waals surface area contributed by atoms with Crippen molar-refractivity contribution >= 4 is 33.6 Å². The number of halogens is 2. The molecule has 0 aliphatic carbocycles. The molecule has 18 heavy (non-hydrogen) atoms. The second kappa shape index (κ2) is 5.32. The van der Waals surface area contributed by atoms with Gasteiger partial charge in [0.25, 0.3) is 0 Å². The number of nitrogens with zero attached hydrogens (tertiary/aromatic N) is 1. The van der Waals surface area contributed by atoms with E-state index in [2.05, 4.69) is 5.32 Å². The Labute approximate surface area is 111 Å². The van der Waals surface area contributed by atoms with E-state index in [1.54, 1.807) is 11.4 Å². The van der Waals surface area contributed by atoms with Crippen molar-refractivity contribution in [2.24, 2.45) is 0 Å². The number of anilines is 1. The molecule has 0 bridgehead atoms. The zero-order chi connectivity index (χ0) is 13.1. The quantitative estimate of drug-likeness (QED) is 0.681. The van der Waals surface area contributed by atoms with Gasteiger partial charge in [-0.2, -0.15) is 0 Å². The molecule has 2 aromatic rings. The van der Waals surface area contributed by atoms with Crippen LogP contribution in [0.25, 0.3) is 0 Å². The third-order valence-electron chi connectivity index (χ3n) is 2.25. The van der Waals surface area contributed by atoms with Crippen molar-refractivity contribution in [2.75, 3.05) is 5.32 Å². The second-order valence-corrected chi connectivity index (χ2v) is 4.80. The highest BCUT2D eigenvalue weighted by Gasteiger charge is 2.11. The zero-order valence-corrected chi connectivity index (χ0v) is 10.6. The lowest BCUT2D eigenvalue weighted by molar-refractivity contribution is -0.380. The Morgan fingerprint density at radius 2 is 2.28 bits per heavy atom. The molecule has 1 aromatic carbocycles. The molecule has 0 unspecified atom stereocenters. The summed E-state index contributed by atoms with van der Waals surface area (Å²) in [7, 11) is 0. The number of rotatable bonds is 4. The highest BCUT2D eigenvalue weighted by Crippen LogP contribution is 2.27. The number of nitro groups is 1. The van der Waals surface area contributed by atoms with E-state index in [1.807, 2.05) is 0 Å². The van der Waals surface area contributed by atoms with E-state index >= 15 is 0 Å². The summed E-state index contributed by atoms with van der Waals surface area (Å²) < 4.78 is 13.4. The van der Waals surface area contributed by atoms with Crippen molar-refractivity contribution < 1.29 is 9.31 Å². The molecule has 0 saturated heterocycles. The molecule has 0 fully saturated rings. The van der Waals surface area contributed by atoms with Gasteiger partial charge in [0, 0.05) is 18.0 Å². The van der Waals surface area contributed by atoms with Gasteiger partial charge in [-0.05, 0) is 17.7 Å². The molecule has 1 N–H and O–H groups in total. The summed E-state index contributed by atoms with van der Waals surface area (Å²) in [6, 6.07) is 5.83. The first kappa shape index (κ1) is 12.8. The average Bonchev–Trinajstić information content (AvgIpc) is 2.77. The number of thiophene rings is 1. The fourth-order valence-corrected chi connectivity index (χ4v) is 2.37. The first-order valence-corrected chi connectivity index (χ1v) is 6.23. The number of hydrogen-bond acceptors (Lipinski definition) is 4. The number of para-hydroxylation sites is 1. The second-order valence-electron chi connectivity index (χ2n) is 3.50. The Kier molecular flexibility index (Phi) is 3.78. The van der Waals surface area contributed by atoms with Gasteiger partial charge >= 0.3 is 5.00 Å². The van der Waals surface area contributed by atoms with Crippen LogP contribution in [0.4, 0.5) is 15.1 Å². The van der Waals surface area contributed by atoms with E-state index in [4.69, 9.17) is 11.6 Å². The predicted molar refractivity (Wildman–Crippen MR) is 69.7 cm³/mol. The first-order valence-electron chi connectivity index (χ1n) is 4.97. The topological polar surface area (TPSA) is 55.2 Å². The standard InChI is InChI=1S/C11H8ClFN2O2S/c12-8-2-1-3-9(13)11(8)14-5-7-4-10(15(16)17)18-6-7/h1-4,6,14H,5H2. The predicted octanol–water partition coefficient (Wildman–Crippen LogP) is 4.06. The van der Waals surface area contributed by atoms with Crippen LogP contribution in [0, 0.1) is 15.9 Å². The molecular weight excluding hydrogens is 279 g/mol. The van der Waals surface area contributed by atoms with Crippen molar-refractivity contribution in [1.29, 1.82) is 0 Å². The number of benzene rings is 1. The number of hydrogen-bond donors (Lipinski definition) is 1. The van der Waals surface area contributed by atoms with Crippen molar-refractivity contribution in [2.45, 2.75) is 6.54 Å². The average molecular weight is 287 g/mol. The largest absolute Gasteiger partial charge is 0.377 e. The van der Waals surface area contributed by atoms with Crippen LogP contribution >= 0.6 is 22.9 Å². The van der Waals surface area contributed by atoms with Gasteiger partial charge in [0.05, 0.1) is 15.6 Å². The molecule has 0 aliphatic rings. The molecule has 0 saturated carbocycles. The normalized spacial score (nSPS) is 10.3. The van der Waals surface area contributed by atoms with Gasteiger partial charge in [0.15, 0.2) is 0 Å². The van der Waals surface area contributed by atoms with E-state index in [1.165, 1.54) is 18.2 Å². The van der Waals surface area contributed by atoms with Crippen molar-refractivity contribution in [3.05, 3.63) is 56.2 Å². The first-order chi connectivity index (χ1) is 8.58. The molecule has 0 radical (unpaired) electrons. The van der Waals surface area contributed by atoms with E-state index < -0.39 is 10.7 Å². The van der Waals surface area contributed by atoms with Crippen LogP contribution in [0.15, 0.2) is 29.6 Å². The maximum absolute atomic E-state index is 13.4. The Balaban J connectivity index is 2.09. The molecule has 7 heteroatoms. The minimum atomic E-state index is -0.454. The molecule has 0 spiro atoms. The molecule has 0 aliphatic heterocycles. The lowest BCUT2D eigenvalue weighted by atomic mass is 10.2. The zero-order valence-electron chi connectivity index (χ0n) is 9.02. The van der Waals surface area contributed by atoms with Gasteiger partial charge < -0.3 is 5.32 Å². The minimum Gasteiger partial charge on any atom is -0.377 e. The Hall–Kier alpha value is -1.66. The van der Waals surface area contributed by atoms with E-state index in [0.29, 0.717) is 5.56 Å². The van der Waals surface area contributed by atoms with Crippen LogP contribution in [0.2, 0.25) is 5.02 Å². The smallest absolute Gasteiger partial charge is 0.324 e. The minimum absolute atomic E-state index is 0.0615. The summed E-state index contributed by atoms with van der Waals surface area (Å²) >= 11 is 6.88. The fraction of sp³-hybridized carbons (Fsp3) is 0.0909. The van der Waals surface area contributed by atoms with Crippen molar-refractivity contribution in [3.8, 4) is 0 Å². The van der Waals surface area contributed by atoms with Gasteiger partial charge in [-0.15, -0.1) is 0 Å². The van der Waals surface area contributed by atoms with Crippen LogP contribution in [-0.2, 0) is 6.54 Å². The molecule has 4 nitrogen and oxygen atoms in total. The van der Waals surface area contributed by atoms with Gasteiger partial charge in [0.2, 0.25) is 0 Å². The summed E-state index contributed by atoms with van der Waals surface area (Å²) in [5.41, 5.74) is 0.916. The monoisotopic (exact) mass is 286 g/mol. The van der Waals surface area contributed by atoms with E-state index in [-0.39, 0.29) is 22.3 Å². The fourth-order valence-electron chi connectivity index (χ4n) is 1.41. The lowest BCUT2D eigenvalue weighted by Crippen LogP contribution is -2.01. The molecule has 1 aromatic heterocycles. The summed E-state index contributed by atoms with van der Waals surface area (Å²) in [5, 5.41) is 15.3. The molecular formula is C11H8ClFN2O2S. The highest BCUT2D eigenvalue weighted by atomic mass is 35.5. The number of nitrogens with one attached hydrogen (secondary N) is 1. The van der Waals surface area contributed by atoms with Crippen LogP contribution in [0.3, 0.4) is 0 Å².